The molecule has 1 aliphatic rings. The Hall–Kier alpha value is -1.71. The molecule has 104 valence electrons. The summed E-state index contributed by atoms with van der Waals surface area (Å²) in [5.41, 5.74) is 1.34. The van der Waals surface area contributed by atoms with Crippen molar-refractivity contribution in [1.29, 1.82) is 0 Å². The number of hydrogen-bond acceptors (Lipinski definition) is 4. The summed E-state index contributed by atoms with van der Waals surface area (Å²) in [4.78, 5) is 6.49. The first kappa shape index (κ1) is 13.7. The highest BCUT2D eigenvalue weighted by molar-refractivity contribution is 5.81. The summed E-state index contributed by atoms with van der Waals surface area (Å²) < 4.78 is 5.70. The lowest BCUT2D eigenvalue weighted by Crippen LogP contribution is -2.37. The average Bonchev–Trinajstić information content (AvgIpc) is 2.81. The largest absolute Gasteiger partial charge is 0.492 e. The highest BCUT2D eigenvalue weighted by Crippen LogP contribution is 2.18. The molecule has 0 saturated heterocycles. The van der Waals surface area contributed by atoms with E-state index in [0.717, 1.165) is 31.3 Å². The highest BCUT2D eigenvalue weighted by Gasteiger charge is 2.10. The number of nitrogens with zero attached hydrogens (tertiary/aromatic N) is 2. The zero-order chi connectivity index (χ0) is 13.7. The Kier molecular flexibility index (Phi) is 4.66. The molecule has 4 nitrogen and oxygen atoms in total. The molecule has 0 bridgehead atoms. The molecule has 1 aliphatic heterocycles. The number of guanidine groups is 1. The van der Waals surface area contributed by atoms with Crippen molar-refractivity contribution in [2.24, 2.45) is 4.99 Å². The van der Waals surface area contributed by atoms with Crippen molar-refractivity contribution >= 4 is 5.96 Å². The predicted octanol–water partition coefficient (Wildman–Crippen LogP) is 2.08. The number of aliphatic imine (C=N–C) groups is 1. The van der Waals surface area contributed by atoms with Crippen molar-refractivity contribution < 1.29 is 4.74 Å². The molecule has 0 saturated carbocycles. The van der Waals surface area contributed by atoms with E-state index in [1.807, 2.05) is 19.2 Å². The standard InChI is InChI=1S/C15H23N3O/c1-12(2)13-4-6-14(7-5-13)19-11-9-17-15-16-8-10-18(15)3/h4-7,12H,8-11H2,1-3H3,(H,16,17). The molecule has 0 atom stereocenters. The summed E-state index contributed by atoms with van der Waals surface area (Å²) in [5.74, 6) is 2.46. The first-order chi connectivity index (χ1) is 9.16. The number of ether oxygens (including phenoxy) is 1. The van der Waals surface area contributed by atoms with Gasteiger partial charge in [-0.15, -0.1) is 0 Å². The van der Waals surface area contributed by atoms with E-state index in [1.54, 1.807) is 0 Å². The lowest BCUT2D eigenvalue weighted by molar-refractivity contribution is 0.320. The second kappa shape index (κ2) is 6.45. The van der Waals surface area contributed by atoms with Crippen LogP contribution in [0.5, 0.6) is 5.75 Å². The van der Waals surface area contributed by atoms with Crippen molar-refractivity contribution in [2.45, 2.75) is 19.8 Å². The molecule has 0 aliphatic carbocycles. The van der Waals surface area contributed by atoms with Crippen LogP contribution in [-0.2, 0) is 0 Å². The van der Waals surface area contributed by atoms with Gasteiger partial charge in [0.25, 0.3) is 0 Å². The average molecular weight is 261 g/mol. The van der Waals surface area contributed by atoms with Gasteiger partial charge in [-0.05, 0) is 23.6 Å². The lowest BCUT2D eigenvalue weighted by atomic mass is 10.0. The fraction of sp³-hybridized carbons (Fsp3) is 0.533. The molecule has 0 amide bonds. The molecular weight excluding hydrogens is 238 g/mol. The molecule has 1 heterocycles. The van der Waals surface area contributed by atoms with E-state index < -0.39 is 0 Å². The summed E-state index contributed by atoms with van der Waals surface area (Å²) >= 11 is 0. The quantitative estimate of drug-likeness (QED) is 0.825. The zero-order valence-corrected chi connectivity index (χ0v) is 12.0. The Balaban J connectivity index is 1.71. The van der Waals surface area contributed by atoms with Crippen LogP contribution in [0.15, 0.2) is 29.3 Å². The van der Waals surface area contributed by atoms with Crippen LogP contribution in [0.25, 0.3) is 0 Å². The van der Waals surface area contributed by atoms with Crippen LogP contribution in [0.4, 0.5) is 0 Å². The molecule has 0 radical (unpaired) electrons. The van der Waals surface area contributed by atoms with Crippen molar-refractivity contribution in [1.82, 2.24) is 10.2 Å². The van der Waals surface area contributed by atoms with Gasteiger partial charge in [-0.2, -0.15) is 0 Å². The normalized spacial score (nSPS) is 14.7. The summed E-state index contributed by atoms with van der Waals surface area (Å²) in [6.45, 7) is 7.69. The Morgan fingerprint density at radius 2 is 2.05 bits per heavy atom. The second-order valence-electron chi connectivity index (χ2n) is 5.13. The SMILES string of the molecule is CC(C)c1ccc(OCCNC2=NCCN2C)cc1. The monoisotopic (exact) mass is 261 g/mol. The minimum absolute atomic E-state index is 0.562. The maximum Gasteiger partial charge on any atom is 0.193 e. The molecular formula is C15H23N3O. The van der Waals surface area contributed by atoms with Crippen LogP contribution in [0.3, 0.4) is 0 Å². The molecule has 2 rings (SSSR count). The van der Waals surface area contributed by atoms with Gasteiger partial charge in [0.15, 0.2) is 5.96 Å². The Bertz CT molecular complexity index is 426. The number of likely N-dealkylation sites (N-methyl/N-ethyl adjacent to an activating group) is 1. The molecule has 0 fully saturated rings. The van der Waals surface area contributed by atoms with Gasteiger partial charge in [0.1, 0.15) is 12.4 Å². The molecule has 1 aromatic carbocycles. The number of benzene rings is 1. The summed E-state index contributed by atoms with van der Waals surface area (Å²) in [6.07, 6.45) is 0. The molecule has 4 heteroatoms. The molecule has 0 unspecified atom stereocenters. The van der Waals surface area contributed by atoms with Gasteiger partial charge in [0.2, 0.25) is 0 Å². The van der Waals surface area contributed by atoms with Gasteiger partial charge in [0.05, 0.1) is 13.1 Å². The second-order valence-corrected chi connectivity index (χ2v) is 5.13. The van der Waals surface area contributed by atoms with Gasteiger partial charge in [-0.3, -0.25) is 4.99 Å². The number of nitrogens with one attached hydrogen (secondary N) is 1. The van der Waals surface area contributed by atoms with Crippen LogP contribution in [0.1, 0.15) is 25.3 Å². The van der Waals surface area contributed by atoms with E-state index in [4.69, 9.17) is 4.74 Å². The third-order valence-electron chi connectivity index (χ3n) is 3.26. The first-order valence-electron chi connectivity index (χ1n) is 6.89. The van der Waals surface area contributed by atoms with Crippen LogP contribution in [0.2, 0.25) is 0 Å². The molecule has 1 aromatic rings. The van der Waals surface area contributed by atoms with E-state index in [0.29, 0.717) is 12.5 Å². The Morgan fingerprint density at radius 3 is 2.63 bits per heavy atom. The summed E-state index contributed by atoms with van der Waals surface area (Å²) in [7, 11) is 2.05. The lowest BCUT2D eigenvalue weighted by Gasteiger charge is -2.15. The van der Waals surface area contributed by atoms with E-state index in [9.17, 15) is 0 Å². The third-order valence-corrected chi connectivity index (χ3v) is 3.26. The van der Waals surface area contributed by atoms with Crippen LogP contribution < -0.4 is 10.1 Å². The first-order valence-corrected chi connectivity index (χ1v) is 6.89. The summed E-state index contributed by atoms with van der Waals surface area (Å²) in [6, 6.07) is 8.33. The molecule has 1 N–H and O–H groups in total. The number of hydrogen-bond donors (Lipinski definition) is 1. The number of rotatable bonds is 5. The minimum atomic E-state index is 0.562. The molecule has 19 heavy (non-hydrogen) atoms. The van der Waals surface area contributed by atoms with Gasteiger partial charge < -0.3 is 15.0 Å². The van der Waals surface area contributed by atoms with Crippen LogP contribution >= 0.6 is 0 Å². The van der Waals surface area contributed by atoms with E-state index in [-0.39, 0.29) is 0 Å². The maximum absolute atomic E-state index is 5.70. The minimum Gasteiger partial charge on any atom is -0.492 e. The van der Waals surface area contributed by atoms with E-state index in [2.05, 4.69) is 41.2 Å². The Labute approximate surface area is 115 Å². The van der Waals surface area contributed by atoms with E-state index in [1.165, 1.54) is 5.56 Å². The van der Waals surface area contributed by atoms with Gasteiger partial charge in [-0.1, -0.05) is 26.0 Å². The molecule has 0 aromatic heterocycles. The van der Waals surface area contributed by atoms with Gasteiger partial charge >= 0.3 is 0 Å². The van der Waals surface area contributed by atoms with Crippen molar-refractivity contribution in [3.63, 3.8) is 0 Å². The zero-order valence-electron chi connectivity index (χ0n) is 12.0. The van der Waals surface area contributed by atoms with Crippen LogP contribution in [0, 0.1) is 0 Å². The summed E-state index contributed by atoms with van der Waals surface area (Å²) in [5, 5.41) is 3.28. The van der Waals surface area contributed by atoms with Crippen molar-refractivity contribution in [3.8, 4) is 5.75 Å². The smallest absolute Gasteiger partial charge is 0.193 e. The van der Waals surface area contributed by atoms with Gasteiger partial charge in [-0.25, -0.2) is 0 Å². The van der Waals surface area contributed by atoms with Gasteiger partial charge in [0, 0.05) is 13.6 Å². The Morgan fingerprint density at radius 1 is 1.32 bits per heavy atom. The fourth-order valence-electron chi connectivity index (χ4n) is 2.00. The van der Waals surface area contributed by atoms with Crippen molar-refractivity contribution in [2.75, 3.05) is 33.3 Å². The predicted molar refractivity (Wildman–Crippen MR) is 79.0 cm³/mol. The fourth-order valence-corrected chi connectivity index (χ4v) is 2.00. The van der Waals surface area contributed by atoms with E-state index >= 15 is 0 Å². The highest BCUT2D eigenvalue weighted by atomic mass is 16.5. The topological polar surface area (TPSA) is 36.9 Å². The maximum atomic E-state index is 5.70. The third kappa shape index (κ3) is 3.88. The molecule has 0 spiro atoms. The van der Waals surface area contributed by atoms with Crippen molar-refractivity contribution in [3.05, 3.63) is 29.8 Å². The van der Waals surface area contributed by atoms with Crippen LogP contribution in [-0.4, -0.2) is 44.1 Å².